The van der Waals surface area contributed by atoms with Crippen LogP contribution in [-0.2, 0) is 0 Å². The molecule has 2 aliphatic rings. The first-order valence-electron chi connectivity index (χ1n) is 5.13. The van der Waals surface area contributed by atoms with Crippen LogP contribution in [0.4, 0.5) is 0 Å². The third-order valence-corrected chi connectivity index (χ3v) is 3.31. The van der Waals surface area contributed by atoms with Crippen molar-refractivity contribution in [1.82, 2.24) is 0 Å². The number of hydrogen-bond donors (Lipinski definition) is 1. The zero-order valence-corrected chi connectivity index (χ0v) is 7.84. The van der Waals surface area contributed by atoms with Gasteiger partial charge >= 0.3 is 0 Å². The minimum Gasteiger partial charge on any atom is -0.386 e. The van der Waals surface area contributed by atoms with Crippen LogP contribution in [0.3, 0.4) is 0 Å². The van der Waals surface area contributed by atoms with Gasteiger partial charge in [0.25, 0.3) is 0 Å². The molecule has 0 spiro atoms. The quantitative estimate of drug-likeness (QED) is 0.625. The number of aliphatic hydroxyl groups is 1. The first-order chi connectivity index (χ1) is 5.71. The van der Waals surface area contributed by atoms with Crippen LogP contribution in [0.25, 0.3) is 0 Å². The Kier molecular flexibility index (Phi) is 1.99. The minimum absolute atomic E-state index is 0.458. The molecule has 2 aliphatic carbocycles. The van der Waals surface area contributed by atoms with Crippen LogP contribution in [-0.4, -0.2) is 10.7 Å². The third-order valence-electron chi connectivity index (χ3n) is 3.31. The average molecular weight is 166 g/mol. The van der Waals surface area contributed by atoms with Crippen molar-refractivity contribution in [2.24, 2.45) is 5.92 Å². The van der Waals surface area contributed by atoms with Crippen LogP contribution < -0.4 is 0 Å². The molecule has 0 aromatic carbocycles. The van der Waals surface area contributed by atoms with E-state index in [-0.39, 0.29) is 0 Å². The summed E-state index contributed by atoms with van der Waals surface area (Å²) in [5.74, 6) is 0.571. The summed E-state index contributed by atoms with van der Waals surface area (Å²) in [7, 11) is 0. The first kappa shape index (κ1) is 8.31. The molecule has 68 valence electrons. The lowest BCUT2D eigenvalue weighted by molar-refractivity contribution is 0.0695. The second kappa shape index (κ2) is 2.88. The van der Waals surface area contributed by atoms with Gasteiger partial charge in [-0.2, -0.15) is 0 Å². The Labute approximate surface area is 74.5 Å². The maximum Gasteiger partial charge on any atom is 0.0856 e. The van der Waals surface area contributed by atoms with Crippen molar-refractivity contribution in [1.29, 1.82) is 0 Å². The summed E-state index contributed by atoms with van der Waals surface area (Å²) in [5, 5.41) is 10.2. The highest BCUT2D eigenvalue weighted by Crippen LogP contribution is 2.45. The third kappa shape index (κ3) is 1.42. The van der Waals surface area contributed by atoms with Crippen molar-refractivity contribution in [3.63, 3.8) is 0 Å². The first-order valence-corrected chi connectivity index (χ1v) is 5.13. The average Bonchev–Trinajstić information content (AvgIpc) is 2.88. The largest absolute Gasteiger partial charge is 0.386 e. The summed E-state index contributed by atoms with van der Waals surface area (Å²) in [6, 6.07) is 0. The Bertz CT molecular complexity index is 199. The molecule has 1 saturated carbocycles. The number of rotatable bonds is 2. The van der Waals surface area contributed by atoms with Gasteiger partial charge in [0.2, 0.25) is 0 Å². The summed E-state index contributed by atoms with van der Waals surface area (Å²) in [6.07, 6.45) is 9.61. The molecule has 0 saturated heterocycles. The Morgan fingerprint density at radius 1 is 1.42 bits per heavy atom. The standard InChI is InChI=1S/C11H18O/c1-11(12,10-7-8-10)9-5-3-2-4-6-9/h5,10,12H,2-4,6-8H2,1H3. The van der Waals surface area contributed by atoms with E-state index in [9.17, 15) is 5.11 Å². The zero-order chi connectivity index (χ0) is 8.60. The minimum atomic E-state index is -0.458. The summed E-state index contributed by atoms with van der Waals surface area (Å²) in [5.41, 5.74) is 0.858. The molecular weight excluding hydrogens is 148 g/mol. The molecular formula is C11H18O. The van der Waals surface area contributed by atoms with E-state index in [1.807, 2.05) is 6.92 Å². The molecule has 1 unspecified atom stereocenters. The Hall–Kier alpha value is -0.300. The van der Waals surface area contributed by atoms with E-state index in [0.29, 0.717) is 5.92 Å². The molecule has 0 heterocycles. The van der Waals surface area contributed by atoms with Crippen molar-refractivity contribution in [3.8, 4) is 0 Å². The molecule has 1 fully saturated rings. The summed E-state index contributed by atoms with van der Waals surface area (Å²) < 4.78 is 0. The summed E-state index contributed by atoms with van der Waals surface area (Å²) in [4.78, 5) is 0. The van der Waals surface area contributed by atoms with E-state index < -0.39 is 5.60 Å². The second-order valence-electron chi connectivity index (χ2n) is 4.40. The van der Waals surface area contributed by atoms with E-state index in [2.05, 4.69) is 6.08 Å². The van der Waals surface area contributed by atoms with Gasteiger partial charge in [-0.3, -0.25) is 0 Å². The van der Waals surface area contributed by atoms with Gasteiger partial charge in [-0.05, 0) is 56.9 Å². The highest BCUT2D eigenvalue weighted by atomic mass is 16.3. The van der Waals surface area contributed by atoms with E-state index in [1.54, 1.807) is 0 Å². The van der Waals surface area contributed by atoms with Gasteiger partial charge in [0, 0.05) is 0 Å². The molecule has 0 radical (unpaired) electrons. The highest BCUT2D eigenvalue weighted by molar-refractivity contribution is 5.21. The monoisotopic (exact) mass is 166 g/mol. The van der Waals surface area contributed by atoms with Crippen LogP contribution in [0.2, 0.25) is 0 Å². The molecule has 0 bridgehead atoms. The number of allylic oxidation sites excluding steroid dienone is 1. The molecule has 12 heavy (non-hydrogen) atoms. The topological polar surface area (TPSA) is 20.2 Å². The lowest BCUT2D eigenvalue weighted by Gasteiger charge is -2.29. The maximum absolute atomic E-state index is 10.2. The second-order valence-corrected chi connectivity index (χ2v) is 4.40. The van der Waals surface area contributed by atoms with Gasteiger partial charge in [0.1, 0.15) is 0 Å². The lowest BCUT2D eigenvalue weighted by Crippen LogP contribution is -2.30. The maximum atomic E-state index is 10.2. The van der Waals surface area contributed by atoms with Gasteiger partial charge in [-0.15, -0.1) is 0 Å². The van der Waals surface area contributed by atoms with Gasteiger partial charge < -0.3 is 5.11 Å². The fourth-order valence-corrected chi connectivity index (χ4v) is 2.21. The highest BCUT2D eigenvalue weighted by Gasteiger charge is 2.42. The fraction of sp³-hybridized carbons (Fsp3) is 0.818. The van der Waals surface area contributed by atoms with Gasteiger partial charge in [0.05, 0.1) is 5.60 Å². The Morgan fingerprint density at radius 2 is 2.17 bits per heavy atom. The molecule has 1 N–H and O–H groups in total. The smallest absolute Gasteiger partial charge is 0.0856 e. The molecule has 0 aromatic rings. The Balaban J connectivity index is 2.09. The zero-order valence-electron chi connectivity index (χ0n) is 7.84. The van der Waals surface area contributed by atoms with Crippen LogP contribution >= 0.6 is 0 Å². The Morgan fingerprint density at radius 3 is 2.67 bits per heavy atom. The molecule has 1 heteroatoms. The van der Waals surface area contributed by atoms with Crippen molar-refractivity contribution in [2.75, 3.05) is 0 Å². The summed E-state index contributed by atoms with van der Waals surface area (Å²) >= 11 is 0. The molecule has 0 aromatic heterocycles. The van der Waals surface area contributed by atoms with Gasteiger partial charge in [-0.1, -0.05) is 6.08 Å². The van der Waals surface area contributed by atoms with Crippen molar-refractivity contribution < 1.29 is 5.11 Å². The van der Waals surface area contributed by atoms with E-state index in [4.69, 9.17) is 0 Å². The van der Waals surface area contributed by atoms with Crippen LogP contribution in [0.1, 0.15) is 45.4 Å². The molecule has 2 rings (SSSR count). The lowest BCUT2D eigenvalue weighted by atomic mass is 9.83. The van der Waals surface area contributed by atoms with E-state index in [1.165, 1.54) is 37.7 Å². The number of hydrogen-bond acceptors (Lipinski definition) is 1. The predicted molar refractivity (Wildman–Crippen MR) is 49.9 cm³/mol. The molecule has 1 nitrogen and oxygen atoms in total. The van der Waals surface area contributed by atoms with Crippen molar-refractivity contribution in [2.45, 2.75) is 51.0 Å². The van der Waals surface area contributed by atoms with Crippen molar-refractivity contribution in [3.05, 3.63) is 11.6 Å². The normalized spacial score (nSPS) is 29.3. The SMILES string of the molecule is CC(O)(C1=CCCCC1)C1CC1. The predicted octanol–water partition coefficient (Wildman–Crippen LogP) is 2.65. The van der Waals surface area contributed by atoms with Crippen LogP contribution in [0.5, 0.6) is 0 Å². The molecule has 0 aliphatic heterocycles. The fourth-order valence-electron chi connectivity index (χ4n) is 2.21. The van der Waals surface area contributed by atoms with Gasteiger partial charge in [0.15, 0.2) is 0 Å². The summed E-state index contributed by atoms with van der Waals surface area (Å²) in [6.45, 7) is 2.00. The van der Waals surface area contributed by atoms with Crippen LogP contribution in [0.15, 0.2) is 11.6 Å². The van der Waals surface area contributed by atoms with Crippen molar-refractivity contribution >= 4 is 0 Å². The molecule has 0 amide bonds. The van der Waals surface area contributed by atoms with E-state index >= 15 is 0 Å². The van der Waals surface area contributed by atoms with Crippen LogP contribution in [0, 0.1) is 5.92 Å². The van der Waals surface area contributed by atoms with E-state index in [0.717, 1.165) is 6.42 Å². The molecule has 1 atom stereocenters. The van der Waals surface area contributed by atoms with Gasteiger partial charge in [-0.25, -0.2) is 0 Å².